The van der Waals surface area contributed by atoms with Crippen LogP contribution in [-0.4, -0.2) is 58.4 Å². The average Bonchev–Trinajstić information content (AvgIpc) is 3.25. The van der Waals surface area contributed by atoms with E-state index in [2.05, 4.69) is 36.4 Å². The Hall–Kier alpha value is -5.61. The number of hydrogen-bond donors (Lipinski definition) is 3. The highest BCUT2D eigenvalue weighted by molar-refractivity contribution is 14.1. The van der Waals surface area contributed by atoms with E-state index < -0.39 is 17.9 Å². The molecule has 0 aliphatic carbocycles. The van der Waals surface area contributed by atoms with Crippen LogP contribution in [0.2, 0.25) is 0 Å². The molecular formula is C56H66I2O10. The highest BCUT2D eigenvalue weighted by atomic mass is 127. The Morgan fingerprint density at radius 3 is 1.19 bits per heavy atom. The van der Waals surface area contributed by atoms with E-state index in [0.29, 0.717) is 46.9 Å². The zero-order valence-electron chi connectivity index (χ0n) is 41.5. The number of halogens is 2. The summed E-state index contributed by atoms with van der Waals surface area (Å²) < 4.78 is 11.7. The highest BCUT2D eigenvalue weighted by Gasteiger charge is 2.15. The SMILES string of the molecule is CC(C)=Cc1c(C)cccc1C(=O)O.CCOC(=O)c1cccc(C)c1C=C(C)C.CCOC(=O)c1cccc(C)c1I.Cc1cccc(C(=O)O)c1CC(C)C.Cc1cccc(C(=O)O)c1I. The lowest BCUT2D eigenvalue weighted by Crippen LogP contribution is -2.07. The van der Waals surface area contributed by atoms with Gasteiger partial charge in [-0.05, 0) is 209 Å². The molecule has 12 heteroatoms. The summed E-state index contributed by atoms with van der Waals surface area (Å²) in [5.74, 6) is -2.58. The number of carbonyl (C=O) groups is 5. The van der Waals surface area contributed by atoms with Gasteiger partial charge in [0, 0.05) is 7.14 Å². The molecule has 0 saturated carbocycles. The molecule has 68 heavy (non-hydrogen) atoms. The molecule has 0 aromatic heterocycles. The smallest absolute Gasteiger partial charge is 0.339 e. The van der Waals surface area contributed by atoms with Crippen LogP contribution in [0.4, 0.5) is 0 Å². The van der Waals surface area contributed by atoms with Crippen molar-refractivity contribution in [1.82, 2.24) is 0 Å². The number of carbonyl (C=O) groups excluding carboxylic acids is 2. The number of carboxylic acid groups (broad SMARTS) is 3. The molecule has 0 amide bonds. The highest BCUT2D eigenvalue weighted by Crippen LogP contribution is 2.22. The monoisotopic (exact) mass is 1150 g/mol. The van der Waals surface area contributed by atoms with Gasteiger partial charge in [-0.1, -0.05) is 97.8 Å². The summed E-state index contributed by atoms with van der Waals surface area (Å²) in [6, 6.07) is 27.3. The minimum absolute atomic E-state index is 0.240. The number of carboxylic acids is 3. The second-order valence-corrected chi connectivity index (χ2v) is 18.6. The van der Waals surface area contributed by atoms with Gasteiger partial charge >= 0.3 is 29.8 Å². The van der Waals surface area contributed by atoms with E-state index in [4.69, 9.17) is 24.8 Å². The largest absolute Gasteiger partial charge is 0.478 e. The number of allylic oxidation sites excluding steroid dienone is 2. The molecule has 0 saturated heterocycles. The van der Waals surface area contributed by atoms with Crippen LogP contribution < -0.4 is 0 Å². The van der Waals surface area contributed by atoms with Gasteiger partial charge in [-0.25, -0.2) is 24.0 Å². The van der Waals surface area contributed by atoms with E-state index in [9.17, 15) is 24.0 Å². The Bertz CT molecular complexity index is 2580. The van der Waals surface area contributed by atoms with Gasteiger partial charge < -0.3 is 24.8 Å². The van der Waals surface area contributed by atoms with Gasteiger partial charge in [0.05, 0.1) is 41.0 Å². The van der Waals surface area contributed by atoms with Crippen LogP contribution in [0.25, 0.3) is 12.2 Å². The van der Waals surface area contributed by atoms with Crippen molar-refractivity contribution < 1.29 is 48.8 Å². The lowest BCUT2D eigenvalue weighted by atomic mass is 9.94. The number of aromatic carboxylic acids is 3. The van der Waals surface area contributed by atoms with Gasteiger partial charge in [-0.15, -0.1) is 0 Å². The van der Waals surface area contributed by atoms with E-state index in [0.717, 1.165) is 63.6 Å². The summed E-state index contributed by atoms with van der Waals surface area (Å²) in [6.45, 7) is 26.3. The molecule has 5 aromatic carbocycles. The summed E-state index contributed by atoms with van der Waals surface area (Å²) in [5, 5.41) is 26.7. The Morgan fingerprint density at radius 2 is 0.809 bits per heavy atom. The molecule has 3 N–H and O–H groups in total. The van der Waals surface area contributed by atoms with Crippen molar-refractivity contribution in [2.75, 3.05) is 13.2 Å². The fourth-order valence-electron chi connectivity index (χ4n) is 6.30. The van der Waals surface area contributed by atoms with Gasteiger partial charge in [0.15, 0.2) is 0 Å². The van der Waals surface area contributed by atoms with Crippen molar-refractivity contribution in [2.45, 2.75) is 96.4 Å². The molecule has 0 spiro atoms. The Labute approximate surface area is 430 Å². The second kappa shape index (κ2) is 30.7. The molecule has 0 bridgehead atoms. The van der Waals surface area contributed by atoms with E-state index in [1.54, 1.807) is 55.5 Å². The average molecular weight is 1150 g/mol. The van der Waals surface area contributed by atoms with E-state index >= 15 is 0 Å². The maximum Gasteiger partial charge on any atom is 0.339 e. The quantitative estimate of drug-likeness (QED) is 0.0856. The van der Waals surface area contributed by atoms with Crippen molar-refractivity contribution in [2.24, 2.45) is 5.92 Å². The molecule has 0 fully saturated rings. The topological polar surface area (TPSA) is 164 Å². The lowest BCUT2D eigenvalue weighted by Gasteiger charge is -2.11. The zero-order valence-corrected chi connectivity index (χ0v) is 45.8. The first-order valence-corrected chi connectivity index (χ1v) is 24.2. The molecule has 0 radical (unpaired) electrons. The van der Waals surface area contributed by atoms with Crippen molar-refractivity contribution in [3.63, 3.8) is 0 Å². The van der Waals surface area contributed by atoms with Gasteiger partial charge in [-0.2, -0.15) is 0 Å². The zero-order chi connectivity index (χ0) is 51.8. The molecule has 0 unspecified atom stereocenters. The van der Waals surface area contributed by atoms with Crippen LogP contribution in [0, 0.1) is 47.7 Å². The third-order valence-corrected chi connectivity index (χ3v) is 12.5. The first kappa shape index (κ1) is 60.4. The molecule has 0 aliphatic rings. The van der Waals surface area contributed by atoms with Crippen molar-refractivity contribution in [1.29, 1.82) is 0 Å². The third kappa shape index (κ3) is 20.3. The van der Waals surface area contributed by atoms with Crippen LogP contribution in [0.5, 0.6) is 0 Å². The van der Waals surface area contributed by atoms with E-state index in [1.165, 1.54) is 5.57 Å². The first-order valence-electron chi connectivity index (χ1n) is 22.0. The third-order valence-electron chi connectivity index (χ3n) is 9.60. The van der Waals surface area contributed by atoms with Crippen LogP contribution in [0.15, 0.2) is 102 Å². The normalized spacial score (nSPS) is 9.88. The number of aryl methyl sites for hydroxylation is 5. The van der Waals surface area contributed by atoms with E-state index in [-0.39, 0.29) is 11.9 Å². The molecule has 5 aromatic rings. The number of ether oxygens (including phenoxy) is 2. The molecule has 5 rings (SSSR count). The molecular weight excluding hydrogens is 1090 g/mol. The minimum atomic E-state index is -0.874. The molecule has 0 atom stereocenters. The lowest BCUT2D eigenvalue weighted by molar-refractivity contribution is 0.0516. The van der Waals surface area contributed by atoms with Crippen LogP contribution in [0.1, 0.15) is 152 Å². The maximum absolute atomic E-state index is 11.7. The minimum Gasteiger partial charge on any atom is -0.478 e. The summed E-state index contributed by atoms with van der Waals surface area (Å²) in [6.07, 6.45) is 4.74. The van der Waals surface area contributed by atoms with Gasteiger partial charge in [-0.3, -0.25) is 0 Å². The van der Waals surface area contributed by atoms with Crippen molar-refractivity contribution in [3.05, 3.63) is 182 Å². The van der Waals surface area contributed by atoms with Crippen LogP contribution in [0.3, 0.4) is 0 Å². The van der Waals surface area contributed by atoms with Gasteiger partial charge in [0.1, 0.15) is 0 Å². The Balaban J connectivity index is 0.000000427. The number of rotatable bonds is 11. The molecule has 364 valence electrons. The molecule has 0 aliphatic heterocycles. The predicted molar refractivity (Wildman–Crippen MR) is 291 cm³/mol. The maximum atomic E-state index is 11.7. The standard InChI is InChI=1S/C14H18O2.C12H16O2.C12H14O2.C10H11IO2.C8H7IO2/c1-5-16-14(15)12-8-6-7-11(4)13(12)9-10(2)3;2*1-8(2)7-11-9(3)5-4-6-10(11)12(13)14;1-3-13-10(12)8-6-4-5-7(2)9(8)11;1-5-3-2-4-6(7(5)9)8(10)11/h6-9H,5H2,1-4H3;4-6,8H,7H2,1-3H3,(H,13,14);4-7H,1-3H3,(H,13,14);4-6H,3H2,1-2H3;2-4H,1H3,(H,10,11). The van der Waals surface area contributed by atoms with Crippen LogP contribution >= 0.6 is 45.2 Å². The Morgan fingerprint density at radius 1 is 0.485 bits per heavy atom. The van der Waals surface area contributed by atoms with Crippen molar-refractivity contribution in [3.8, 4) is 0 Å². The molecule has 0 heterocycles. The van der Waals surface area contributed by atoms with Crippen molar-refractivity contribution >= 4 is 87.2 Å². The summed E-state index contributed by atoms with van der Waals surface area (Å²) in [4.78, 5) is 55.6. The summed E-state index contributed by atoms with van der Waals surface area (Å²) >= 11 is 4.20. The number of benzene rings is 5. The summed E-state index contributed by atoms with van der Waals surface area (Å²) in [7, 11) is 0. The number of esters is 2. The number of hydrogen-bond acceptors (Lipinski definition) is 7. The van der Waals surface area contributed by atoms with Gasteiger partial charge in [0.25, 0.3) is 0 Å². The Kier molecular flexibility index (Phi) is 27.3. The first-order chi connectivity index (χ1) is 31.9. The fraction of sp³-hybridized carbons (Fsp3) is 0.304. The van der Waals surface area contributed by atoms with Gasteiger partial charge in [0.2, 0.25) is 0 Å². The van der Waals surface area contributed by atoms with E-state index in [1.807, 2.05) is 146 Å². The predicted octanol–water partition coefficient (Wildman–Crippen LogP) is 14.7. The molecule has 10 nitrogen and oxygen atoms in total. The van der Waals surface area contributed by atoms with Crippen LogP contribution in [-0.2, 0) is 15.9 Å². The summed E-state index contributed by atoms with van der Waals surface area (Å²) in [5.41, 5.74) is 12.7. The fourth-order valence-corrected chi connectivity index (χ4v) is 7.47. The second-order valence-electron chi connectivity index (χ2n) is 16.4.